The highest BCUT2D eigenvalue weighted by Crippen LogP contribution is 2.12. The maximum absolute atomic E-state index is 13.3. The Labute approximate surface area is 89.0 Å². The number of para-hydroxylation sites is 1. The molecule has 0 amide bonds. The van der Waals surface area contributed by atoms with Crippen molar-refractivity contribution in [1.82, 2.24) is 9.97 Å². The summed E-state index contributed by atoms with van der Waals surface area (Å²) in [4.78, 5) is 25.8. The Balaban J connectivity index is 2.43. The van der Waals surface area contributed by atoms with Crippen LogP contribution in [0.25, 0.3) is 0 Å². The summed E-state index contributed by atoms with van der Waals surface area (Å²) < 4.78 is 13.3. The average molecular weight is 221 g/mol. The van der Waals surface area contributed by atoms with E-state index in [1.807, 2.05) is 0 Å². The van der Waals surface area contributed by atoms with Crippen LogP contribution in [0, 0.1) is 5.82 Å². The van der Waals surface area contributed by atoms with Crippen LogP contribution in [0.4, 0.5) is 15.9 Å². The molecule has 82 valence electrons. The lowest BCUT2D eigenvalue weighted by atomic mass is 10.3. The largest absolute Gasteiger partial charge is 0.339 e. The van der Waals surface area contributed by atoms with Crippen molar-refractivity contribution in [2.24, 2.45) is 0 Å². The predicted molar refractivity (Wildman–Crippen MR) is 57.4 cm³/mol. The van der Waals surface area contributed by atoms with Crippen LogP contribution in [-0.2, 0) is 0 Å². The first-order chi connectivity index (χ1) is 7.66. The molecular formula is C10H8FN3O2. The Morgan fingerprint density at radius 1 is 1.06 bits per heavy atom. The van der Waals surface area contributed by atoms with E-state index in [1.54, 1.807) is 35.3 Å². The fourth-order valence-corrected chi connectivity index (χ4v) is 1.22. The number of H-pyrrole nitrogens is 2. The summed E-state index contributed by atoms with van der Waals surface area (Å²) in [5.74, 6) is -1.30. The van der Waals surface area contributed by atoms with Gasteiger partial charge < -0.3 is 5.32 Å². The van der Waals surface area contributed by atoms with Gasteiger partial charge in [-0.2, -0.15) is 4.39 Å². The van der Waals surface area contributed by atoms with E-state index in [1.165, 1.54) is 0 Å². The molecule has 2 aromatic rings. The minimum absolute atomic E-state index is 0.250. The van der Waals surface area contributed by atoms with Gasteiger partial charge in [-0.1, -0.05) is 18.2 Å². The van der Waals surface area contributed by atoms with E-state index in [-0.39, 0.29) is 5.82 Å². The van der Waals surface area contributed by atoms with Crippen LogP contribution >= 0.6 is 0 Å². The number of aromatic nitrogens is 2. The van der Waals surface area contributed by atoms with Crippen LogP contribution in [0.15, 0.2) is 39.9 Å². The zero-order valence-electron chi connectivity index (χ0n) is 8.08. The molecule has 0 aliphatic rings. The van der Waals surface area contributed by atoms with Crippen LogP contribution < -0.4 is 16.6 Å². The van der Waals surface area contributed by atoms with E-state index in [0.717, 1.165) is 0 Å². The Morgan fingerprint density at radius 3 is 2.44 bits per heavy atom. The standard InChI is InChI=1S/C10H8FN3O2/c11-7-8(13-10(16)14-9(7)15)12-6-4-2-1-3-5-6/h1-5H,(H3,12,13,14,15,16). The number of rotatable bonds is 2. The molecule has 1 aromatic carbocycles. The van der Waals surface area contributed by atoms with E-state index < -0.39 is 17.1 Å². The molecule has 0 saturated carbocycles. The molecule has 0 radical (unpaired) electrons. The molecule has 1 heterocycles. The van der Waals surface area contributed by atoms with Crippen molar-refractivity contribution in [3.05, 3.63) is 57.0 Å². The summed E-state index contributed by atoms with van der Waals surface area (Å²) in [5, 5.41) is 2.60. The molecule has 0 unspecified atom stereocenters. The van der Waals surface area contributed by atoms with Gasteiger partial charge in [0.05, 0.1) is 0 Å². The van der Waals surface area contributed by atoms with Crippen LogP contribution in [0.2, 0.25) is 0 Å². The number of anilines is 2. The number of benzene rings is 1. The molecule has 0 saturated heterocycles. The van der Waals surface area contributed by atoms with Gasteiger partial charge in [-0.15, -0.1) is 0 Å². The van der Waals surface area contributed by atoms with Crippen molar-refractivity contribution in [2.45, 2.75) is 0 Å². The van der Waals surface area contributed by atoms with Crippen LogP contribution in [0.3, 0.4) is 0 Å². The minimum Gasteiger partial charge on any atom is -0.339 e. The Bertz CT molecular complexity index is 603. The van der Waals surface area contributed by atoms with Gasteiger partial charge >= 0.3 is 5.69 Å². The van der Waals surface area contributed by atoms with Crippen molar-refractivity contribution in [1.29, 1.82) is 0 Å². The normalized spacial score (nSPS) is 10.1. The van der Waals surface area contributed by atoms with Crippen LogP contribution in [0.5, 0.6) is 0 Å². The van der Waals surface area contributed by atoms with E-state index in [4.69, 9.17) is 0 Å². The summed E-state index contributed by atoms with van der Waals surface area (Å²) in [6.07, 6.45) is 0. The summed E-state index contributed by atoms with van der Waals surface area (Å²) in [5.41, 5.74) is -1.24. The summed E-state index contributed by atoms with van der Waals surface area (Å²) in [6, 6.07) is 8.64. The first-order valence-corrected chi connectivity index (χ1v) is 4.51. The highest BCUT2D eigenvalue weighted by atomic mass is 19.1. The number of hydrogen-bond acceptors (Lipinski definition) is 3. The zero-order valence-corrected chi connectivity index (χ0v) is 8.08. The number of nitrogens with one attached hydrogen (secondary N) is 3. The summed E-state index contributed by atoms with van der Waals surface area (Å²) in [6.45, 7) is 0. The first kappa shape index (κ1) is 10.2. The lowest BCUT2D eigenvalue weighted by molar-refractivity contribution is 0.602. The summed E-state index contributed by atoms with van der Waals surface area (Å²) >= 11 is 0. The van der Waals surface area contributed by atoms with Crippen molar-refractivity contribution in [3.63, 3.8) is 0 Å². The van der Waals surface area contributed by atoms with Gasteiger partial charge in [0, 0.05) is 5.69 Å². The second-order valence-electron chi connectivity index (χ2n) is 3.09. The molecule has 2 rings (SSSR count). The van der Waals surface area contributed by atoms with E-state index >= 15 is 0 Å². The van der Waals surface area contributed by atoms with Crippen molar-refractivity contribution >= 4 is 11.5 Å². The molecule has 6 heteroatoms. The van der Waals surface area contributed by atoms with Gasteiger partial charge in [0.1, 0.15) is 0 Å². The topological polar surface area (TPSA) is 77.8 Å². The first-order valence-electron chi connectivity index (χ1n) is 4.51. The number of aromatic amines is 2. The maximum atomic E-state index is 13.3. The molecule has 16 heavy (non-hydrogen) atoms. The van der Waals surface area contributed by atoms with Crippen molar-refractivity contribution < 1.29 is 4.39 Å². The molecule has 3 N–H and O–H groups in total. The third-order valence-electron chi connectivity index (χ3n) is 1.93. The SMILES string of the molecule is O=c1[nH]c(Nc2ccccc2)c(F)c(=O)[nH]1. The fraction of sp³-hybridized carbons (Fsp3) is 0. The quantitative estimate of drug-likeness (QED) is 0.706. The Morgan fingerprint density at radius 2 is 1.75 bits per heavy atom. The molecule has 0 aliphatic carbocycles. The highest BCUT2D eigenvalue weighted by molar-refractivity contribution is 5.55. The van der Waals surface area contributed by atoms with E-state index in [9.17, 15) is 14.0 Å². The molecule has 0 spiro atoms. The second-order valence-corrected chi connectivity index (χ2v) is 3.09. The monoisotopic (exact) mass is 221 g/mol. The summed E-state index contributed by atoms with van der Waals surface area (Å²) in [7, 11) is 0. The molecule has 5 nitrogen and oxygen atoms in total. The molecule has 0 fully saturated rings. The molecule has 0 bridgehead atoms. The molecule has 1 aromatic heterocycles. The third-order valence-corrected chi connectivity index (χ3v) is 1.93. The Hall–Kier alpha value is -2.37. The lowest BCUT2D eigenvalue weighted by Crippen LogP contribution is -2.26. The lowest BCUT2D eigenvalue weighted by Gasteiger charge is -2.05. The van der Waals surface area contributed by atoms with Gasteiger partial charge in [-0.25, -0.2) is 4.79 Å². The number of hydrogen-bond donors (Lipinski definition) is 3. The van der Waals surface area contributed by atoms with Crippen molar-refractivity contribution in [3.8, 4) is 0 Å². The van der Waals surface area contributed by atoms with Gasteiger partial charge in [0.2, 0.25) is 5.82 Å². The molecule has 0 aliphatic heterocycles. The van der Waals surface area contributed by atoms with Crippen molar-refractivity contribution in [2.75, 3.05) is 5.32 Å². The predicted octanol–water partition coefficient (Wildman–Crippen LogP) is 0.946. The van der Waals surface area contributed by atoms with Gasteiger partial charge in [-0.05, 0) is 12.1 Å². The number of halogens is 1. The average Bonchev–Trinajstić information content (AvgIpc) is 2.27. The van der Waals surface area contributed by atoms with E-state index in [0.29, 0.717) is 5.69 Å². The van der Waals surface area contributed by atoms with Crippen LogP contribution in [-0.4, -0.2) is 9.97 Å². The smallest absolute Gasteiger partial charge is 0.327 e. The highest BCUT2D eigenvalue weighted by Gasteiger charge is 2.08. The zero-order chi connectivity index (χ0) is 11.5. The van der Waals surface area contributed by atoms with Gasteiger partial charge in [-0.3, -0.25) is 14.8 Å². The van der Waals surface area contributed by atoms with E-state index in [2.05, 4.69) is 10.3 Å². The molecular weight excluding hydrogens is 213 g/mol. The fourth-order valence-electron chi connectivity index (χ4n) is 1.22. The Kier molecular flexibility index (Phi) is 2.55. The third kappa shape index (κ3) is 2.00. The molecule has 0 atom stereocenters. The second kappa shape index (κ2) is 4.01. The van der Waals surface area contributed by atoms with Gasteiger partial charge in [0.15, 0.2) is 5.82 Å². The van der Waals surface area contributed by atoms with Crippen LogP contribution in [0.1, 0.15) is 0 Å². The maximum Gasteiger partial charge on any atom is 0.327 e. The van der Waals surface area contributed by atoms with Gasteiger partial charge in [0.25, 0.3) is 5.56 Å². The minimum atomic E-state index is -1.05.